The Labute approximate surface area is 177 Å². The van der Waals surface area contributed by atoms with Crippen molar-refractivity contribution in [3.63, 3.8) is 0 Å². The summed E-state index contributed by atoms with van der Waals surface area (Å²) in [4.78, 5) is 35.0. The van der Waals surface area contributed by atoms with Crippen LogP contribution in [0.1, 0.15) is 28.1 Å². The molecule has 10 nitrogen and oxygen atoms in total. The molecule has 0 atom stereocenters. The van der Waals surface area contributed by atoms with Crippen molar-refractivity contribution in [2.45, 2.75) is 19.8 Å². The molecule has 0 saturated heterocycles. The summed E-state index contributed by atoms with van der Waals surface area (Å²) in [5, 5.41) is 26.4. The summed E-state index contributed by atoms with van der Waals surface area (Å²) in [5.41, 5.74) is 0.738. The Morgan fingerprint density at radius 2 is 1.81 bits per heavy atom. The fourth-order valence-electron chi connectivity index (χ4n) is 3.17. The minimum atomic E-state index is -0.753. The molecule has 0 aliphatic carbocycles. The second-order valence-electron chi connectivity index (χ2n) is 7.03. The molecule has 1 amide bonds. The van der Waals surface area contributed by atoms with Gasteiger partial charge in [-0.05, 0) is 13.3 Å². The molecule has 10 heteroatoms. The lowest BCUT2D eigenvalue weighted by Crippen LogP contribution is -2.29. The molecule has 160 valence electrons. The van der Waals surface area contributed by atoms with Gasteiger partial charge in [0.25, 0.3) is 17.3 Å². The molecule has 0 aliphatic rings. The van der Waals surface area contributed by atoms with Crippen LogP contribution in [0.2, 0.25) is 0 Å². The van der Waals surface area contributed by atoms with Gasteiger partial charge in [0.1, 0.15) is 11.5 Å². The molecule has 2 aromatic carbocycles. The van der Waals surface area contributed by atoms with Gasteiger partial charge in [-0.3, -0.25) is 25.0 Å². The second-order valence-corrected chi connectivity index (χ2v) is 7.03. The van der Waals surface area contributed by atoms with Crippen molar-refractivity contribution in [2.24, 2.45) is 0 Å². The first-order valence-corrected chi connectivity index (χ1v) is 9.48. The first-order chi connectivity index (χ1) is 14.8. The largest absolute Gasteiger partial charge is 0.361 e. The van der Waals surface area contributed by atoms with Gasteiger partial charge in [-0.25, -0.2) is 0 Å². The number of carbonyl (C=O) groups excluding carboxylic acids is 1. The van der Waals surface area contributed by atoms with Gasteiger partial charge >= 0.3 is 0 Å². The van der Waals surface area contributed by atoms with Crippen LogP contribution in [0.5, 0.6) is 0 Å². The molecule has 0 unspecified atom stereocenters. The molecular weight excluding hydrogens is 404 g/mol. The molecule has 0 bridgehead atoms. The fourth-order valence-corrected chi connectivity index (χ4v) is 3.17. The Bertz CT molecular complexity index is 1130. The molecule has 31 heavy (non-hydrogen) atoms. The van der Waals surface area contributed by atoms with E-state index in [2.05, 4.69) is 5.16 Å². The first-order valence-electron chi connectivity index (χ1n) is 9.48. The average molecular weight is 424 g/mol. The number of amides is 1. The maximum absolute atomic E-state index is 12.8. The predicted molar refractivity (Wildman–Crippen MR) is 112 cm³/mol. The first kappa shape index (κ1) is 21.6. The molecule has 0 radical (unpaired) electrons. The molecule has 3 rings (SSSR count). The minimum absolute atomic E-state index is 0.0607. The Morgan fingerprint density at radius 3 is 2.45 bits per heavy atom. The third-order valence-electron chi connectivity index (χ3n) is 4.89. The summed E-state index contributed by atoms with van der Waals surface area (Å²) >= 11 is 0. The molecule has 0 spiro atoms. The summed E-state index contributed by atoms with van der Waals surface area (Å²) in [7, 11) is 1.54. The van der Waals surface area contributed by atoms with E-state index < -0.39 is 27.1 Å². The van der Waals surface area contributed by atoms with E-state index in [-0.39, 0.29) is 11.1 Å². The number of aromatic nitrogens is 1. The van der Waals surface area contributed by atoms with E-state index in [1.165, 1.54) is 11.8 Å². The van der Waals surface area contributed by atoms with Gasteiger partial charge in [0.15, 0.2) is 0 Å². The number of carbonyl (C=O) groups is 1. The number of nitro groups is 2. The highest BCUT2D eigenvalue weighted by Crippen LogP contribution is 2.29. The average Bonchev–Trinajstić information content (AvgIpc) is 3.22. The number of rotatable bonds is 8. The number of hydrogen-bond acceptors (Lipinski definition) is 7. The number of nitro benzene ring substituents is 2. The van der Waals surface area contributed by atoms with Crippen molar-refractivity contribution in [1.29, 1.82) is 0 Å². The van der Waals surface area contributed by atoms with E-state index in [4.69, 9.17) is 4.52 Å². The molecule has 3 aromatic rings. The number of aryl methyl sites for hydroxylation is 1. The second kappa shape index (κ2) is 9.16. The van der Waals surface area contributed by atoms with Crippen LogP contribution in [0.25, 0.3) is 11.3 Å². The molecular formula is C21H20N4O6. The highest BCUT2D eigenvalue weighted by molar-refractivity contribution is 5.97. The predicted octanol–water partition coefficient (Wildman–Crippen LogP) is 4.17. The van der Waals surface area contributed by atoms with Crippen LogP contribution in [0.15, 0.2) is 53.1 Å². The third-order valence-corrected chi connectivity index (χ3v) is 4.89. The van der Waals surface area contributed by atoms with Gasteiger partial charge in [0.2, 0.25) is 0 Å². The van der Waals surface area contributed by atoms with Crippen molar-refractivity contribution in [2.75, 3.05) is 13.6 Å². The Balaban J connectivity index is 1.67. The zero-order valence-electron chi connectivity index (χ0n) is 17.0. The summed E-state index contributed by atoms with van der Waals surface area (Å²) in [6.45, 7) is 1.73. The minimum Gasteiger partial charge on any atom is -0.361 e. The van der Waals surface area contributed by atoms with Crippen LogP contribution in [0, 0.1) is 27.2 Å². The van der Waals surface area contributed by atoms with Crippen LogP contribution in [-0.4, -0.2) is 39.4 Å². The summed E-state index contributed by atoms with van der Waals surface area (Å²) in [6, 6.07) is 13.3. The smallest absolute Gasteiger partial charge is 0.279 e. The SMILES string of the molecule is Cc1c(C(=O)N(C)CCCc2cc(-c3ccccc3)no2)cc([N+](=O)[O-])cc1[N+](=O)[O-]. The summed E-state index contributed by atoms with van der Waals surface area (Å²) < 4.78 is 5.35. The maximum Gasteiger partial charge on any atom is 0.279 e. The Kier molecular flexibility index (Phi) is 6.39. The van der Waals surface area contributed by atoms with Gasteiger partial charge in [0, 0.05) is 43.3 Å². The normalized spacial score (nSPS) is 10.6. The molecule has 0 saturated carbocycles. The van der Waals surface area contributed by atoms with Crippen LogP contribution < -0.4 is 0 Å². The highest BCUT2D eigenvalue weighted by atomic mass is 16.6. The van der Waals surface area contributed by atoms with Crippen molar-refractivity contribution in [1.82, 2.24) is 10.1 Å². The van der Waals surface area contributed by atoms with E-state index in [0.29, 0.717) is 25.1 Å². The summed E-state index contributed by atoms with van der Waals surface area (Å²) in [5.74, 6) is 0.147. The van der Waals surface area contributed by atoms with Crippen LogP contribution >= 0.6 is 0 Å². The van der Waals surface area contributed by atoms with Crippen LogP contribution in [-0.2, 0) is 6.42 Å². The van der Waals surface area contributed by atoms with Crippen molar-refractivity contribution in [3.8, 4) is 11.3 Å². The zero-order chi connectivity index (χ0) is 22.5. The van der Waals surface area contributed by atoms with E-state index in [0.717, 1.165) is 23.4 Å². The van der Waals surface area contributed by atoms with Crippen molar-refractivity contribution < 1.29 is 19.2 Å². The van der Waals surface area contributed by atoms with E-state index in [1.807, 2.05) is 36.4 Å². The van der Waals surface area contributed by atoms with E-state index >= 15 is 0 Å². The van der Waals surface area contributed by atoms with Gasteiger partial charge in [-0.15, -0.1) is 0 Å². The standard InChI is InChI=1S/C21H20N4O6/c1-14-18(11-16(24(27)28)12-20(14)25(29)30)21(26)23(2)10-6-9-17-13-19(22-31-17)15-7-4-3-5-8-15/h3-5,7-8,11-13H,6,9-10H2,1-2H3. The van der Waals surface area contributed by atoms with E-state index in [1.54, 1.807) is 7.05 Å². The lowest BCUT2D eigenvalue weighted by Gasteiger charge is -2.18. The van der Waals surface area contributed by atoms with Crippen LogP contribution in [0.3, 0.4) is 0 Å². The number of benzene rings is 2. The lowest BCUT2D eigenvalue weighted by atomic mass is 10.0. The van der Waals surface area contributed by atoms with Crippen molar-refractivity contribution >= 4 is 17.3 Å². The fraction of sp³-hybridized carbons (Fsp3) is 0.238. The molecule has 1 aromatic heterocycles. The lowest BCUT2D eigenvalue weighted by molar-refractivity contribution is -0.394. The van der Waals surface area contributed by atoms with Gasteiger partial charge in [-0.2, -0.15) is 0 Å². The number of nitrogens with zero attached hydrogens (tertiary/aromatic N) is 4. The molecule has 0 N–H and O–H groups in total. The number of hydrogen-bond donors (Lipinski definition) is 0. The molecule has 1 heterocycles. The zero-order valence-corrected chi connectivity index (χ0v) is 17.0. The topological polar surface area (TPSA) is 133 Å². The molecule has 0 fully saturated rings. The van der Waals surface area contributed by atoms with Gasteiger partial charge in [-0.1, -0.05) is 35.5 Å². The highest BCUT2D eigenvalue weighted by Gasteiger charge is 2.26. The Hall–Kier alpha value is -4.08. The monoisotopic (exact) mass is 424 g/mol. The maximum atomic E-state index is 12.8. The van der Waals surface area contributed by atoms with Crippen molar-refractivity contribution in [3.05, 3.63) is 85.6 Å². The van der Waals surface area contributed by atoms with Crippen LogP contribution in [0.4, 0.5) is 11.4 Å². The third kappa shape index (κ3) is 4.92. The number of non-ortho nitro benzene ring substituents is 1. The molecule has 0 aliphatic heterocycles. The Morgan fingerprint density at radius 1 is 1.10 bits per heavy atom. The van der Waals surface area contributed by atoms with E-state index in [9.17, 15) is 25.0 Å². The van der Waals surface area contributed by atoms with Gasteiger partial charge in [0.05, 0.1) is 21.5 Å². The summed E-state index contributed by atoms with van der Waals surface area (Å²) in [6.07, 6.45) is 1.09. The van der Waals surface area contributed by atoms with Gasteiger partial charge < -0.3 is 9.42 Å². The quantitative estimate of drug-likeness (QED) is 0.391.